The van der Waals surface area contributed by atoms with Crippen molar-refractivity contribution in [3.8, 4) is 0 Å². The van der Waals surface area contributed by atoms with Gasteiger partial charge in [-0.1, -0.05) is 60.4 Å². The fourth-order valence-corrected chi connectivity index (χ4v) is 4.86. The second-order valence-corrected chi connectivity index (χ2v) is 9.37. The number of pyridine rings is 1. The number of thiocarbonyl (C=S) groups is 1. The van der Waals surface area contributed by atoms with Crippen LogP contribution in [0.1, 0.15) is 22.8 Å². The van der Waals surface area contributed by atoms with Crippen molar-refractivity contribution in [3.05, 3.63) is 80.6 Å². The van der Waals surface area contributed by atoms with Crippen molar-refractivity contribution in [2.45, 2.75) is 13.0 Å². The summed E-state index contributed by atoms with van der Waals surface area (Å²) in [5, 5.41) is 13.7. The minimum atomic E-state index is -0.807. The van der Waals surface area contributed by atoms with Gasteiger partial charge >= 0.3 is 0 Å². The molecule has 2 aromatic heterocycles. The lowest BCUT2D eigenvalue weighted by Crippen LogP contribution is -2.31. The molecular formula is C24H24N4O4S2. The van der Waals surface area contributed by atoms with Gasteiger partial charge in [0.25, 0.3) is 11.5 Å². The molecule has 0 aliphatic carbocycles. The van der Waals surface area contributed by atoms with E-state index in [1.54, 1.807) is 19.4 Å². The van der Waals surface area contributed by atoms with Gasteiger partial charge in [-0.3, -0.25) is 18.9 Å². The summed E-state index contributed by atoms with van der Waals surface area (Å²) < 4.78 is 6.92. The summed E-state index contributed by atoms with van der Waals surface area (Å²) >= 11 is 6.48. The number of amides is 1. The molecule has 0 radical (unpaired) electrons. The summed E-state index contributed by atoms with van der Waals surface area (Å²) in [4.78, 5) is 32.8. The quantitative estimate of drug-likeness (QED) is 0.363. The number of thioether (sulfide) groups is 1. The van der Waals surface area contributed by atoms with E-state index in [9.17, 15) is 14.7 Å². The smallest absolute Gasteiger partial charge is 0.267 e. The van der Waals surface area contributed by atoms with Gasteiger partial charge in [0, 0.05) is 19.9 Å². The predicted octanol–water partition coefficient (Wildman–Crippen LogP) is 3.00. The van der Waals surface area contributed by atoms with Gasteiger partial charge in [-0.2, -0.15) is 0 Å². The van der Waals surface area contributed by atoms with Crippen LogP contribution in [-0.2, 0) is 9.53 Å². The van der Waals surface area contributed by atoms with Gasteiger partial charge in [0.05, 0.1) is 29.7 Å². The van der Waals surface area contributed by atoms with Crippen molar-refractivity contribution >= 4 is 51.7 Å². The Morgan fingerprint density at radius 1 is 1.24 bits per heavy atom. The summed E-state index contributed by atoms with van der Waals surface area (Å²) in [5.41, 5.74) is 1.95. The lowest BCUT2D eigenvalue weighted by molar-refractivity contribution is -0.122. The molecule has 176 valence electrons. The summed E-state index contributed by atoms with van der Waals surface area (Å²) in [6.07, 6.45) is 2.35. The molecule has 1 fully saturated rings. The Morgan fingerprint density at radius 2 is 2.00 bits per heavy atom. The number of aliphatic hydroxyl groups excluding tert-OH is 1. The number of aromatic nitrogens is 2. The lowest BCUT2D eigenvalue weighted by Gasteiger charge is -2.15. The van der Waals surface area contributed by atoms with Crippen molar-refractivity contribution in [1.29, 1.82) is 0 Å². The zero-order valence-electron chi connectivity index (χ0n) is 18.7. The molecule has 2 N–H and O–H groups in total. The number of benzene rings is 1. The molecule has 0 unspecified atom stereocenters. The molecule has 34 heavy (non-hydrogen) atoms. The van der Waals surface area contributed by atoms with Crippen LogP contribution in [0.25, 0.3) is 11.7 Å². The van der Waals surface area contributed by atoms with Crippen LogP contribution in [0.3, 0.4) is 0 Å². The van der Waals surface area contributed by atoms with Gasteiger partial charge in [0.1, 0.15) is 15.8 Å². The highest BCUT2D eigenvalue weighted by molar-refractivity contribution is 8.26. The number of aliphatic hydroxyl groups is 1. The normalized spacial score (nSPS) is 16.0. The third-order valence-corrected chi connectivity index (χ3v) is 6.78. The van der Waals surface area contributed by atoms with E-state index in [0.717, 1.165) is 22.9 Å². The molecule has 1 aliphatic rings. The fraction of sp³-hybridized carbons (Fsp3) is 0.250. The number of hydrogen-bond acceptors (Lipinski definition) is 8. The Bertz CT molecular complexity index is 1320. The third kappa shape index (κ3) is 4.90. The molecule has 0 spiro atoms. The molecule has 8 nitrogen and oxygen atoms in total. The number of nitrogens with zero attached hydrogens (tertiary/aromatic N) is 3. The maximum absolute atomic E-state index is 13.4. The van der Waals surface area contributed by atoms with Crippen LogP contribution in [0.4, 0.5) is 5.82 Å². The van der Waals surface area contributed by atoms with E-state index < -0.39 is 6.10 Å². The summed E-state index contributed by atoms with van der Waals surface area (Å²) in [6, 6.07) is 12.9. The Balaban J connectivity index is 1.74. The molecule has 1 saturated heterocycles. The van der Waals surface area contributed by atoms with Crippen molar-refractivity contribution in [3.63, 3.8) is 0 Å². The van der Waals surface area contributed by atoms with Gasteiger partial charge in [0.15, 0.2) is 0 Å². The first-order valence-corrected chi connectivity index (χ1v) is 11.9. The van der Waals surface area contributed by atoms with Crippen LogP contribution in [0, 0.1) is 6.92 Å². The van der Waals surface area contributed by atoms with Crippen LogP contribution < -0.4 is 10.9 Å². The summed E-state index contributed by atoms with van der Waals surface area (Å²) in [7, 11) is 1.55. The number of anilines is 1. The van der Waals surface area contributed by atoms with Gasteiger partial charge < -0.3 is 15.2 Å². The second kappa shape index (κ2) is 10.5. The van der Waals surface area contributed by atoms with E-state index in [1.807, 2.05) is 43.3 Å². The van der Waals surface area contributed by atoms with Crippen molar-refractivity contribution in [2.24, 2.45) is 0 Å². The van der Waals surface area contributed by atoms with Gasteiger partial charge in [0.2, 0.25) is 0 Å². The highest BCUT2D eigenvalue weighted by atomic mass is 32.2. The van der Waals surface area contributed by atoms with E-state index in [-0.39, 0.29) is 29.4 Å². The number of hydrogen-bond donors (Lipinski definition) is 2. The summed E-state index contributed by atoms with van der Waals surface area (Å²) in [5.74, 6) is 0.00694. The standard InChI is InChI=1S/C24H24N4O4S2/c1-15-7-6-10-27-21(15)26-20(25-14-18(29)16-8-4-3-5-9-16)17(22(27)30)13-19-23(31)28(11-12-32-2)24(33)34-19/h3-10,13,18,25,29H,11-12,14H2,1-2H3/b19-13-/t18-/m0/s1. The molecule has 1 amide bonds. The number of methoxy groups -OCH3 is 1. The number of carbonyl (C=O) groups excluding carboxylic acids is 1. The monoisotopic (exact) mass is 496 g/mol. The zero-order valence-corrected chi connectivity index (χ0v) is 20.4. The van der Waals surface area contributed by atoms with E-state index >= 15 is 0 Å². The minimum Gasteiger partial charge on any atom is -0.387 e. The van der Waals surface area contributed by atoms with E-state index in [2.05, 4.69) is 10.3 Å². The predicted molar refractivity (Wildman–Crippen MR) is 138 cm³/mol. The Kier molecular flexibility index (Phi) is 7.42. The maximum Gasteiger partial charge on any atom is 0.267 e. The molecule has 3 heterocycles. The maximum atomic E-state index is 13.4. The number of ether oxygens (including phenoxy) is 1. The van der Waals surface area contributed by atoms with Crippen molar-refractivity contribution in [2.75, 3.05) is 32.1 Å². The average Bonchev–Trinajstić information content (AvgIpc) is 3.11. The van der Waals surface area contributed by atoms with Crippen LogP contribution in [-0.4, -0.2) is 56.4 Å². The Morgan fingerprint density at radius 3 is 2.74 bits per heavy atom. The third-order valence-electron chi connectivity index (χ3n) is 5.40. The Labute approximate surface area is 206 Å². The summed E-state index contributed by atoms with van der Waals surface area (Å²) in [6.45, 7) is 2.68. The average molecular weight is 497 g/mol. The van der Waals surface area contributed by atoms with E-state index in [0.29, 0.717) is 28.0 Å². The molecular weight excluding hydrogens is 472 g/mol. The van der Waals surface area contributed by atoms with E-state index in [1.165, 1.54) is 15.4 Å². The SMILES string of the molecule is COCCN1C(=O)/C(=C/c2c(NC[C@H](O)c3ccccc3)nc3c(C)cccn3c2=O)SC1=S. The van der Waals surface area contributed by atoms with Crippen LogP contribution in [0.15, 0.2) is 58.4 Å². The first-order chi connectivity index (χ1) is 16.4. The van der Waals surface area contributed by atoms with Crippen LogP contribution in [0.2, 0.25) is 0 Å². The Hall–Kier alpha value is -3.05. The number of carbonyl (C=O) groups is 1. The highest BCUT2D eigenvalue weighted by Crippen LogP contribution is 2.33. The molecule has 1 aromatic carbocycles. The van der Waals surface area contributed by atoms with Crippen LogP contribution in [0.5, 0.6) is 0 Å². The van der Waals surface area contributed by atoms with Crippen molar-refractivity contribution < 1.29 is 14.6 Å². The second-order valence-electron chi connectivity index (χ2n) is 7.70. The van der Waals surface area contributed by atoms with Crippen molar-refractivity contribution in [1.82, 2.24) is 14.3 Å². The molecule has 0 saturated carbocycles. The first-order valence-electron chi connectivity index (χ1n) is 10.6. The first kappa shape index (κ1) is 24.1. The lowest BCUT2D eigenvalue weighted by atomic mass is 10.1. The minimum absolute atomic E-state index is 0.133. The largest absolute Gasteiger partial charge is 0.387 e. The molecule has 3 aromatic rings. The highest BCUT2D eigenvalue weighted by Gasteiger charge is 2.32. The van der Waals surface area contributed by atoms with Gasteiger partial charge in [-0.25, -0.2) is 4.98 Å². The zero-order chi connectivity index (χ0) is 24.2. The number of aryl methyl sites for hydroxylation is 1. The molecule has 4 rings (SSSR count). The van der Waals surface area contributed by atoms with Gasteiger partial charge in [-0.15, -0.1) is 0 Å². The molecule has 0 bridgehead atoms. The fourth-order valence-electron chi connectivity index (χ4n) is 3.57. The molecule has 10 heteroatoms. The molecule has 1 aliphatic heterocycles. The topological polar surface area (TPSA) is 96.2 Å². The number of fused-ring (bicyclic) bond motifs is 1. The number of rotatable bonds is 8. The van der Waals surface area contributed by atoms with Gasteiger partial charge in [-0.05, 0) is 30.2 Å². The van der Waals surface area contributed by atoms with E-state index in [4.69, 9.17) is 17.0 Å². The number of nitrogens with one attached hydrogen (secondary N) is 1. The molecule has 1 atom stereocenters. The van der Waals surface area contributed by atoms with Crippen LogP contribution >= 0.6 is 24.0 Å².